The van der Waals surface area contributed by atoms with Gasteiger partial charge in [0, 0.05) is 29.6 Å². The van der Waals surface area contributed by atoms with Gasteiger partial charge in [-0.15, -0.1) is 0 Å². The van der Waals surface area contributed by atoms with Gasteiger partial charge in [0.25, 0.3) is 5.91 Å². The van der Waals surface area contributed by atoms with Gasteiger partial charge in [-0.25, -0.2) is 0 Å². The zero-order chi connectivity index (χ0) is 14.5. The van der Waals surface area contributed by atoms with Crippen molar-refractivity contribution in [2.45, 2.75) is 26.2 Å². The molecule has 0 saturated carbocycles. The summed E-state index contributed by atoms with van der Waals surface area (Å²) in [6.45, 7) is 2.37. The zero-order valence-corrected chi connectivity index (χ0v) is 11.4. The number of unbranched alkanes of at least 4 members (excludes halogenated alkanes) is 1. The first-order valence-electron chi connectivity index (χ1n) is 6.67. The molecule has 1 amide bonds. The van der Waals surface area contributed by atoms with Crippen molar-refractivity contribution < 1.29 is 14.7 Å². The smallest absolute Gasteiger partial charge is 0.303 e. The fourth-order valence-corrected chi connectivity index (χ4v) is 2.26. The summed E-state index contributed by atoms with van der Waals surface area (Å²) in [5, 5.41) is 12.3. The lowest BCUT2D eigenvalue weighted by Gasteiger charge is -2.05. The predicted octanol–water partition coefficient (Wildman–Crippen LogP) is 2.46. The van der Waals surface area contributed by atoms with Crippen LogP contribution in [0.4, 0.5) is 0 Å². The Labute approximate surface area is 117 Å². The fraction of sp³-hybridized carbons (Fsp3) is 0.333. The Morgan fingerprint density at radius 1 is 1.25 bits per heavy atom. The Kier molecular flexibility index (Phi) is 4.40. The van der Waals surface area contributed by atoms with E-state index in [4.69, 9.17) is 5.11 Å². The van der Waals surface area contributed by atoms with Crippen LogP contribution in [0.25, 0.3) is 10.9 Å². The fourth-order valence-electron chi connectivity index (χ4n) is 2.26. The molecule has 5 heteroatoms. The van der Waals surface area contributed by atoms with Crippen LogP contribution in [0.2, 0.25) is 0 Å². The van der Waals surface area contributed by atoms with Gasteiger partial charge in [0.15, 0.2) is 0 Å². The molecule has 0 bridgehead atoms. The highest BCUT2D eigenvalue weighted by Gasteiger charge is 2.14. The number of nitrogens with one attached hydrogen (secondary N) is 2. The normalized spacial score (nSPS) is 10.7. The van der Waals surface area contributed by atoms with Gasteiger partial charge in [0.05, 0.1) is 5.56 Å². The zero-order valence-electron chi connectivity index (χ0n) is 11.4. The van der Waals surface area contributed by atoms with E-state index in [1.54, 1.807) is 0 Å². The number of benzene rings is 1. The maximum absolute atomic E-state index is 12.2. The number of aromatic nitrogens is 1. The molecule has 0 spiro atoms. The summed E-state index contributed by atoms with van der Waals surface area (Å²) in [7, 11) is 0. The second-order valence-electron chi connectivity index (χ2n) is 4.78. The van der Waals surface area contributed by atoms with Crippen LogP contribution in [-0.2, 0) is 4.79 Å². The number of para-hydroxylation sites is 1. The first-order valence-corrected chi connectivity index (χ1v) is 6.67. The van der Waals surface area contributed by atoms with Crippen LogP contribution in [0.3, 0.4) is 0 Å². The van der Waals surface area contributed by atoms with Crippen LogP contribution in [0.1, 0.15) is 35.3 Å². The van der Waals surface area contributed by atoms with Crippen LogP contribution < -0.4 is 5.32 Å². The highest BCUT2D eigenvalue weighted by molar-refractivity contribution is 6.08. The van der Waals surface area contributed by atoms with Crippen LogP contribution >= 0.6 is 0 Å². The van der Waals surface area contributed by atoms with Crippen LogP contribution in [0.5, 0.6) is 0 Å². The largest absolute Gasteiger partial charge is 0.481 e. The molecule has 0 atom stereocenters. The molecule has 2 rings (SSSR count). The quantitative estimate of drug-likeness (QED) is 0.708. The molecule has 2 aromatic rings. The average molecular weight is 274 g/mol. The number of carbonyl (C=O) groups is 2. The van der Waals surface area contributed by atoms with Gasteiger partial charge in [-0.2, -0.15) is 0 Å². The number of H-pyrrole nitrogens is 1. The summed E-state index contributed by atoms with van der Waals surface area (Å²) < 4.78 is 0. The molecule has 1 heterocycles. The molecule has 0 aliphatic rings. The molecule has 0 unspecified atom stereocenters. The Hall–Kier alpha value is -2.30. The van der Waals surface area contributed by atoms with Gasteiger partial charge < -0.3 is 15.4 Å². The second kappa shape index (κ2) is 6.23. The standard InChI is InChI=1S/C15H18N2O3/c1-10-14(11-6-2-3-7-12(11)17-10)15(20)16-9-5-4-8-13(18)19/h2-3,6-7,17H,4-5,8-9H2,1H3,(H,16,20)(H,18,19). The maximum Gasteiger partial charge on any atom is 0.303 e. The van der Waals surface area contributed by atoms with Gasteiger partial charge in [-0.1, -0.05) is 18.2 Å². The number of hydrogen-bond donors (Lipinski definition) is 3. The van der Waals surface area contributed by atoms with Gasteiger partial charge in [-0.05, 0) is 25.8 Å². The number of aliphatic carboxylic acids is 1. The van der Waals surface area contributed by atoms with E-state index in [-0.39, 0.29) is 12.3 Å². The molecule has 0 aliphatic carbocycles. The van der Waals surface area contributed by atoms with Crippen molar-refractivity contribution in [2.24, 2.45) is 0 Å². The average Bonchev–Trinajstić information content (AvgIpc) is 2.73. The number of carboxylic acids is 1. The van der Waals surface area contributed by atoms with Crippen LogP contribution in [-0.4, -0.2) is 28.5 Å². The summed E-state index contributed by atoms with van der Waals surface area (Å²) in [4.78, 5) is 25.8. The second-order valence-corrected chi connectivity index (χ2v) is 4.78. The minimum Gasteiger partial charge on any atom is -0.481 e. The lowest BCUT2D eigenvalue weighted by molar-refractivity contribution is -0.137. The van der Waals surface area contributed by atoms with Gasteiger partial charge in [-0.3, -0.25) is 9.59 Å². The molecular formula is C15H18N2O3. The number of hydrogen-bond acceptors (Lipinski definition) is 2. The Balaban J connectivity index is 1.97. The van der Waals surface area contributed by atoms with E-state index in [1.165, 1.54) is 0 Å². The number of aryl methyl sites for hydroxylation is 1. The van der Waals surface area contributed by atoms with E-state index >= 15 is 0 Å². The minimum absolute atomic E-state index is 0.115. The molecule has 0 aliphatic heterocycles. The van der Waals surface area contributed by atoms with E-state index in [0.717, 1.165) is 16.6 Å². The summed E-state index contributed by atoms with van der Waals surface area (Å²) in [6.07, 6.45) is 1.38. The molecular weight excluding hydrogens is 256 g/mol. The SMILES string of the molecule is Cc1[nH]c2ccccc2c1C(=O)NCCCCC(=O)O. The van der Waals surface area contributed by atoms with Crippen molar-refractivity contribution in [2.75, 3.05) is 6.54 Å². The number of carboxylic acid groups (broad SMARTS) is 1. The summed E-state index contributed by atoms with van der Waals surface area (Å²) in [6, 6.07) is 7.68. The third kappa shape index (κ3) is 3.17. The van der Waals surface area contributed by atoms with E-state index in [0.29, 0.717) is 24.9 Å². The molecule has 5 nitrogen and oxygen atoms in total. The Morgan fingerprint density at radius 3 is 2.75 bits per heavy atom. The van der Waals surface area contributed by atoms with Crippen molar-refractivity contribution in [3.63, 3.8) is 0 Å². The Morgan fingerprint density at radius 2 is 2.00 bits per heavy atom. The van der Waals surface area contributed by atoms with Crippen molar-refractivity contribution in [3.8, 4) is 0 Å². The monoisotopic (exact) mass is 274 g/mol. The van der Waals surface area contributed by atoms with Crippen molar-refractivity contribution in [3.05, 3.63) is 35.5 Å². The molecule has 1 aromatic heterocycles. The summed E-state index contributed by atoms with van der Waals surface area (Å²) in [5.74, 6) is -0.918. The number of rotatable bonds is 6. The van der Waals surface area contributed by atoms with Crippen molar-refractivity contribution in [1.29, 1.82) is 0 Å². The van der Waals surface area contributed by atoms with Gasteiger partial charge in [0.2, 0.25) is 0 Å². The van der Waals surface area contributed by atoms with E-state index in [2.05, 4.69) is 10.3 Å². The predicted molar refractivity (Wildman–Crippen MR) is 76.9 cm³/mol. The first kappa shape index (κ1) is 14.1. The molecule has 0 radical (unpaired) electrons. The van der Waals surface area contributed by atoms with Gasteiger partial charge >= 0.3 is 5.97 Å². The first-order chi connectivity index (χ1) is 9.59. The summed E-state index contributed by atoms with van der Waals surface area (Å²) in [5.41, 5.74) is 2.45. The number of fused-ring (bicyclic) bond motifs is 1. The number of carbonyl (C=O) groups excluding carboxylic acids is 1. The Bertz CT molecular complexity index is 631. The van der Waals surface area contributed by atoms with E-state index in [1.807, 2.05) is 31.2 Å². The van der Waals surface area contributed by atoms with E-state index < -0.39 is 5.97 Å². The lowest BCUT2D eigenvalue weighted by Crippen LogP contribution is -2.25. The maximum atomic E-state index is 12.2. The molecule has 0 fully saturated rings. The third-order valence-corrected chi connectivity index (χ3v) is 3.22. The number of amides is 1. The molecule has 3 N–H and O–H groups in total. The summed E-state index contributed by atoms with van der Waals surface area (Å²) >= 11 is 0. The topological polar surface area (TPSA) is 82.2 Å². The van der Waals surface area contributed by atoms with Gasteiger partial charge in [0.1, 0.15) is 0 Å². The molecule has 20 heavy (non-hydrogen) atoms. The third-order valence-electron chi connectivity index (χ3n) is 3.22. The van der Waals surface area contributed by atoms with Crippen LogP contribution in [0.15, 0.2) is 24.3 Å². The highest BCUT2D eigenvalue weighted by Crippen LogP contribution is 2.21. The van der Waals surface area contributed by atoms with Crippen molar-refractivity contribution in [1.82, 2.24) is 10.3 Å². The van der Waals surface area contributed by atoms with Crippen molar-refractivity contribution >= 4 is 22.8 Å². The molecule has 106 valence electrons. The minimum atomic E-state index is -0.802. The molecule has 0 saturated heterocycles. The van der Waals surface area contributed by atoms with Crippen LogP contribution in [0, 0.1) is 6.92 Å². The highest BCUT2D eigenvalue weighted by atomic mass is 16.4. The van der Waals surface area contributed by atoms with E-state index in [9.17, 15) is 9.59 Å². The lowest BCUT2D eigenvalue weighted by atomic mass is 10.1. The molecule has 1 aromatic carbocycles. The number of aromatic amines is 1.